The van der Waals surface area contributed by atoms with Gasteiger partial charge in [0.2, 0.25) is 0 Å². The quantitative estimate of drug-likeness (QED) is 0.739. The van der Waals surface area contributed by atoms with Crippen LogP contribution < -0.4 is 16.0 Å². The number of fused-ring (bicyclic) bond motifs is 2. The minimum atomic E-state index is -0.340. The minimum absolute atomic E-state index is 0.0499. The smallest absolute Gasteiger partial charge is 0.319 e. The topological polar surface area (TPSA) is 73.5 Å². The molecule has 2 unspecified atom stereocenters. The Bertz CT molecular complexity index is 687. The Morgan fingerprint density at radius 1 is 1.19 bits per heavy atom. The van der Waals surface area contributed by atoms with Crippen molar-refractivity contribution >= 4 is 29.2 Å². The van der Waals surface area contributed by atoms with Crippen LogP contribution in [0.5, 0.6) is 0 Å². The Morgan fingerprint density at radius 3 is 2.65 bits per heavy atom. The van der Waals surface area contributed by atoms with Gasteiger partial charge < -0.3 is 20.9 Å². The summed E-state index contributed by atoms with van der Waals surface area (Å²) in [5.41, 5.74) is 0.659. The van der Waals surface area contributed by atoms with E-state index in [-0.39, 0.29) is 29.6 Å². The van der Waals surface area contributed by atoms with Crippen LogP contribution >= 0.6 is 11.6 Å². The van der Waals surface area contributed by atoms with E-state index in [9.17, 15) is 9.59 Å². The third kappa shape index (κ3) is 4.30. The van der Waals surface area contributed by atoms with Crippen molar-refractivity contribution in [2.45, 2.75) is 57.7 Å². The van der Waals surface area contributed by atoms with E-state index in [4.69, 9.17) is 11.6 Å². The van der Waals surface area contributed by atoms with Crippen molar-refractivity contribution in [3.63, 3.8) is 0 Å². The summed E-state index contributed by atoms with van der Waals surface area (Å²) in [6.07, 6.45) is 3.03. The number of urea groups is 1. The summed E-state index contributed by atoms with van der Waals surface area (Å²) in [6.45, 7) is 7.49. The molecule has 7 heteroatoms. The molecule has 3 amide bonds. The van der Waals surface area contributed by atoms with Gasteiger partial charge in [0.15, 0.2) is 0 Å². The van der Waals surface area contributed by atoms with Gasteiger partial charge in [-0.2, -0.15) is 0 Å². The van der Waals surface area contributed by atoms with E-state index in [1.807, 2.05) is 25.7 Å². The van der Waals surface area contributed by atoms with Crippen molar-refractivity contribution < 1.29 is 9.59 Å². The number of anilines is 1. The molecule has 2 aliphatic heterocycles. The number of amides is 3. The van der Waals surface area contributed by atoms with Crippen molar-refractivity contribution in [1.29, 1.82) is 0 Å². The highest BCUT2D eigenvalue weighted by Crippen LogP contribution is 2.32. The number of hydrogen-bond acceptors (Lipinski definition) is 3. The molecule has 0 aromatic heterocycles. The zero-order chi connectivity index (χ0) is 18.9. The Hall–Kier alpha value is -1.79. The van der Waals surface area contributed by atoms with Gasteiger partial charge >= 0.3 is 6.03 Å². The fourth-order valence-electron chi connectivity index (χ4n) is 3.72. The first kappa shape index (κ1) is 19.0. The fourth-order valence-corrected chi connectivity index (χ4v) is 3.92. The first-order valence-electron chi connectivity index (χ1n) is 9.17. The SMILES string of the molecule is CC(C)(C)NC(=O)Nc1ccc(Cl)c(C(=O)N2C3CCNCC2CC3)c1. The lowest BCUT2D eigenvalue weighted by atomic mass is 10.1. The predicted molar refractivity (Wildman–Crippen MR) is 104 cm³/mol. The van der Waals surface area contributed by atoms with Crippen LogP contribution in [0.15, 0.2) is 18.2 Å². The molecule has 6 nitrogen and oxygen atoms in total. The molecule has 1 aromatic carbocycles. The van der Waals surface area contributed by atoms with Crippen molar-refractivity contribution in [2.24, 2.45) is 0 Å². The third-order valence-corrected chi connectivity index (χ3v) is 5.16. The zero-order valence-electron chi connectivity index (χ0n) is 15.6. The summed E-state index contributed by atoms with van der Waals surface area (Å²) in [7, 11) is 0. The van der Waals surface area contributed by atoms with Crippen LogP contribution in [-0.4, -0.2) is 47.6 Å². The van der Waals surface area contributed by atoms with E-state index >= 15 is 0 Å². The number of nitrogens with one attached hydrogen (secondary N) is 3. The van der Waals surface area contributed by atoms with E-state index in [0.717, 1.165) is 32.4 Å². The van der Waals surface area contributed by atoms with Gasteiger partial charge in [-0.3, -0.25) is 4.79 Å². The maximum Gasteiger partial charge on any atom is 0.319 e. The monoisotopic (exact) mass is 378 g/mol. The van der Waals surface area contributed by atoms with Gasteiger partial charge in [-0.1, -0.05) is 11.6 Å². The molecule has 0 radical (unpaired) electrons. The summed E-state index contributed by atoms with van der Waals surface area (Å²) in [4.78, 5) is 27.3. The first-order valence-corrected chi connectivity index (χ1v) is 9.54. The summed E-state index contributed by atoms with van der Waals surface area (Å²) >= 11 is 6.32. The van der Waals surface area contributed by atoms with Gasteiger partial charge in [0.05, 0.1) is 10.6 Å². The normalized spacial score (nSPS) is 22.7. The Kier molecular flexibility index (Phi) is 5.44. The summed E-state index contributed by atoms with van der Waals surface area (Å²) in [5.74, 6) is -0.0499. The number of rotatable bonds is 2. The van der Waals surface area contributed by atoms with Gasteiger partial charge in [-0.25, -0.2) is 4.79 Å². The maximum atomic E-state index is 13.2. The van der Waals surface area contributed by atoms with Crippen molar-refractivity contribution in [1.82, 2.24) is 15.5 Å². The molecule has 3 N–H and O–H groups in total. The summed E-state index contributed by atoms with van der Waals surface area (Å²) in [6, 6.07) is 5.22. The van der Waals surface area contributed by atoms with Crippen LogP contribution in [0, 0.1) is 0 Å². The predicted octanol–water partition coefficient (Wildman–Crippen LogP) is 3.23. The number of nitrogens with zero attached hydrogens (tertiary/aromatic N) is 1. The molecule has 2 atom stereocenters. The molecule has 2 saturated heterocycles. The van der Waals surface area contributed by atoms with E-state index < -0.39 is 0 Å². The van der Waals surface area contributed by atoms with Crippen LogP contribution in [0.4, 0.5) is 10.5 Å². The Morgan fingerprint density at radius 2 is 1.92 bits per heavy atom. The van der Waals surface area contributed by atoms with Gasteiger partial charge in [0, 0.05) is 29.9 Å². The van der Waals surface area contributed by atoms with Crippen molar-refractivity contribution in [3.8, 4) is 0 Å². The van der Waals surface area contributed by atoms with E-state index in [1.165, 1.54) is 0 Å². The highest BCUT2D eigenvalue weighted by molar-refractivity contribution is 6.34. The van der Waals surface area contributed by atoms with Gasteiger partial charge in [-0.05, 0) is 64.8 Å². The number of carbonyl (C=O) groups is 2. The van der Waals surface area contributed by atoms with Crippen LogP contribution in [0.25, 0.3) is 0 Å². The number of halogens is 1. The van der Waals surface area contributed by atoms with E-state index in [1.54, 1.807) is 18.2 Å². The molecule has 0 aliphatic carbocycles. The molecular weight excluding hydrogens is 352 g/mol. The van der Waals surface area contributed by atoms with Gasteiger partial charge in [0.25, 0.3) is 5.91 Å². The number of carbonyl (C=O) groups excluding carboxylic acids is 2. The Labute approximate surface area is 159 Å². The second-order valence-electron chi connectivity index (χ2n) is 8.11. The van der Waals surface area contributed by atoms with E-state index in [2.05, 4.69) is 16.0 Å². The standard InChI is InChI=1S/C19H27ClN4O2/c1-19(2,3)23-18(26)22-12-4-7-16(20)15(10-12)17(25)24-13-5-6-14(24)11-21-9-8-13/h4,7,10,13-14,21H,5-6,8-9,11H2,1-3H3,(H2,22,23,26). The number of benzene rings is 1. The number of hydrogen-bond donors (Lipinski definition) is 3. The third-order valence-electron chi connectivity index (χ3n) is 4.83. The summed E-state index contributed by atoms with van der Waals surface area (Å²) < 4.78 is 0. The lowest BCUT2D eigenvalue weighted by molar-refractivity contribution is 0.0680. The van der Waals surface area contributed by atoms with Gasteiger partial charge in [-0.15, -0.1) is 0 Å². The van der Waals surface area contributed by atoms with Gasteiger partial charge in [0.1, 0.15) is 0 Å². The second-order valence-corrected chi connectivity index (χ2v) is 8.52. The molecular formula is C19H27ClN4O2. The van der Waals surface area contributed by atoms with Crippen LogP contribution in [0.1, 0.15) is 50.4 Å². The highest BCUT2D eigenvalue weighted by atomic mass is 35.5. The lowest BCUT2D eigenvalue weighted by Gasteiger charge is -2.28. The fraction of sp³-hybridized carbons (Fsp3) is 0.579. The molecule has 3 rings (SSSR count). The van der Waals surface area contributed by atoms with Crippen LogP contribution in [0.2, 0.25) is 5.02 Å². The summed E-state index contributed by atoms with van der Waals surface area (Å²) in [5, 5.41) is 9.43. The highest BCUT2D eigenvalue weighted by Gasteiger charge is 2.38. The molecule has 2 fully saturated rings. The van der Waals surface area contributed by atoms with Crippen LogP contribution in [-0.2, 0) is 0 Å². The molecule has 142 valence electrons. The molecule has 0 spiro atoms. The largest absolute Gasteiger partial charge is 0.333 e. The Balaban J connectivity index is 1.79. The van der Waals surface area contributed by atoms with E-state index in [0.29, 0.717) is 16.3 Å². The molecule has 2 aliphatic rings. The molecule has 0 saturated carbocycles. The minimum Gasteiger partial charge on any atom is -0.333 e. The van der Waals surface area contributed by atoms with Crippen molar-refractivity contribution in [3.05, 3.63) is 28.8 Å². The first-order chi connectivity index (χ1) is 12.2. The molecule has 26 heavy (non-hydrogen) atoms. The average Bonchev–Trinajstić information content (AvgIpc) is 2.79. The molecule has 2 heterocycles. The average molecular weight is 379 g/mol. The zero-order valence-corrected chi connectivity index (χ0v) is 16.3. The maximum absolute atomic E-state index is 13.2. The second kappa shape index (κ2) is 7.45. The molecule has 1 aromatic rings. The van der Waals surface area contributed by atoms with Crippen molar-refractivity contribution in [2.75, 3.05) is 18.4 Å². The van der Waals surface area contributed by atoms with Crippen LogP contribution in [0.3, 0.4) is 0 Å². The lowest BCUT2D eigenvalue weighted by Crippen LogP contribution is -2.43. The molecule has 2 bridgehead atoms.